The molecule has 2 heterocycles. The number of nitrogens with zero attached hydrogens (tertiary/aromatic N) is 4. The Bertz CT molecular complexity index is 924. The van der Waals surface area contributed by atoms with Gasteiger partial charge in [0.15, 0.2) is 14.1 Å². The summed E-state index contributed by atoms with van der Waals surface area (Å²) in [6.07, 6.45) is 0. The Labute approximate surface area is 164 Å². The molecule has 0 radical (unpaired) electrons. The van der Waals surface area contributed by atoms with E-state index in [-0.39, 0.29) is 10.7 Å². The minimum absolute atomic E-state index is 0.0113. The minimum atomic E-state index is -0.140. The molecule has 0 unspecified atom stereocenters. The van der Waals surface area contributed by atoms with Gasteiger partial charge in [-0.05, 0) is 43.4 Å². The Balaban J connectivity index is 1.79. The second-order valence-electron chi connectivity index (χ2n) is 6.49. The number of hydrogen-bond donors (Lipinski definition) is 0. The van der Waals surface area contributed by atoms with Crippen molar-refractivity contribution >= 4 is 46.9 Å². The summed E-state index contributed by atoms with van der Waals surface area (Å²) in [7, 11) is 0. The van der Waals surface area contributed by atoms with E-state index >= 15 is 0 Å². The molecule has 1 atom stereocenters. The molecule has 0 fully saturated rings. The number of hydrogen-bond acceptors (Lipinski definition) is 7. The van der Waals surface area contributed by atoms with Gasteiger partial charge in [0, 0.05) is 10.4 Å². The van der Waals surface area contributed by atoms with Gasteiger partial charge < -0.3 is 4.52 Å². The zero-order valence-electron chi connectivity index (χ0n) is 14.2. The van der Waals surface area contributed by atoms with Crippen molar-refractivity contribution in [1.29, 1.82) is 0 Å². The smallest absolute Gasteiger partial charge is 0.239 e. The van der Waals surface area contributed by atoms with E-state index in [9.17, 15) is 0 Å². The molecule has 3 aromatic rings. The van der Waals surface area contributed by atoms with Gasteiger partial charge in [0.25, 0.3) is 0 Å². The van der Waals surface area contributed by atoms with Crippen LogP contribution in [-0.2, 0) is 5.41 Å². The van der Waals surface area contributed by atoms with E-state index in [2.05, 4.69) is 36.0 Å². The van der Waals surface area contributed by atoms with Crippen molar-refractivity contribution in [3.8, 4) is 5.69 Å². The van der Waals surface area contributed by atoms with Crippen LogP contribution in [0.5, 0.6) is 0 Å². The van der Waals surface area contributed by atoms with Crippen LogP contribution in [0.4, 0.5) is 0 Å². The Morgan fingerprint density at radius 1 is 1.28 bits per heavy atom. The monoisotopic (exact) mass is 412 g/mol. The molecule has 3 rings (SSSR count). The van der Waals surface area contributed by atoms with Crippen molar-refractivity contribution in [2.24, 2.45) is 0 Å². The van der Waals surface area contributed by atoms with Gasteiger partial charge in [-0.25, -0.2) is 4.68 Å². The van der Waals surface area contributed by atoms with E-state index in [1.165, 1.54) is 11.3 Å². The molecule has 0 N–H and O–H groups in total. The highest BCUT2D eigenvalue weighted by molar-refractivity contribution is 8.01. The number of rotatable bonds is 4. The lowest BCUT2D eigenvalue weighted by Gasteiger charge is -2.11. The van der Waals surface area contributed by atoms with Gasteiger partial charge >= 0.3 is 0 Å². The highest BCUT2D eigenvalue weighted by Gasteiger charge is 2.24. The zero-order chi connectivity index (χ0) is 18.2. The fourth-order valence-corrected chi connectivity index (χ4v) is 4.62. The molecule has 0 aliphatic carbocycles. The van der Waals surface area contributed by atoms with Crippen LogP contribution in [0.25, 0.3) is 5.69 Å². The van der Waals surface area contributed by atoms with E-state index in [1.807, 2.05) is 31.2 Å². The zero-order valence-corrected chi connectivity index (χ0v) is 17.4. The highest BCUT2D eigenvalue weighted by atomic mass is 35.5. The third kappa shape index (κ3) is 4.31. The summed E-state index contributed by atoms with van der Waals surface area (Å²) in [5.74, 6) is 1.29. The molecular weight excluding hydrogens is 396 g/mol. The van der Waals surface area contributed by atoms with Crippen LogP contribution in [0.3, 0.4) is 0 Å². The predicted molar refractivity (Wildman–Crippen MR) is 105 cm³/mol. The molecule has 9 heteroatoms. The van der Waals surface area contributed by atoms with Gasteiger partial charge in [0.05, 0.1) is 10.9 Å². The minimum Gasteiger partial charge on any atom is -0.338 e. The van der Waals surface area contributed by atoms with E-state index in [4.69, 9.17) is 28.3 Å². The van der Waals surface area contributed by atoms with Crippen LogP contribution in [0.1, 0.15) is 44.7 Å². The maximum absolute atomic E-state index is 5.93. The average molecular weight is 413 g/mol. The Kier molecular flexibility index (Phi) is 5.34. The van der Waals surface area contributed by atoms with Crippen LogP contribution in [0, 0.1) is 3.95 Å². The van der Waals surface area contributed by atoms with Crippen molar-refractivity contribution in [2.45, 2.75) is 42.7 Å². The summed E-state index contributed by atoms with van der Waals surface area (Å²) >= 11 is 14.4. The van der Waals surface area contributed by atoms with Gasteiger partial charge in [-0.15, -0.1) is 5.10 Å². The van der Waals surface area contributed by atoms with Crippen molar-refractivity contribution in [2.75, 3.05) is 0 Å². The summed E-state index contributed by atoms with van der Waals surface area (Å²) in [5, 5.41) is 9.33. The van der Waals surface area contributed by atoms with Crippen LogP contribution < -0.4 is 0 Å². The van der Waals surface area contributed by atoms with Gasteiger partial charge in [0.1, 0.15) is 0 Å². The third-order valence-electron chi connectivity index (χ3n) is 3.34. The first kappa shape index (κ1) is 18.6. The molecule has 0 amide bonds. The normalized spacial score (nSPS) is 13.2. The fourth-order valence-electron chi connectivity index (χ4n) is 1.96. The number of benzene rings is 1. The van der Waals surface area contributed by atoms with Crippen molar-refractivity contribution in [1.82, 2.24) is 19.9 Å². The summed E-state index contributed by atoms with van der Waals surface area (Å²) in [4.78, 5) is 4.51. The van der Waals surface area contributed by atoms with Gasteiger partial charge in [-0.2, -0.15) is 4.98 Å². The molecule has 0 aliphatic heterocycles. The molecule has 0 saturated carbocycles. The third-order valence-corrected chi connectivity index (χ3v) is 5.99. The summed E-state index contributed by atoms with van der Waals surface area (Å²) in [5.41, 5.74) is 0.747. The summed E-state index contributed by atoms with van der Waals surface area (Å²) in [6, 6.07) is 7.42. The van der Waals surface area contributed by atoms with E-state index < -0.39 is 0 Å². The number of halogens is 1. The highest BCUT2D eigenvalue weighted by Crippen LogP contribution is 2.36. The number of thioether (sulfide) groups is 1. The Hall–Kier alpha value is -1.22. The SMILES string of the molecule is C[C@@H](Sc1nn(-c2ccc(Cl)cc2)c(=S)s1)c1nc(C(C)(C)C)no1. The maximum Gasteiger partial charge on any atom is 0.239 e. The topological polar surface area (TPSA) is 56.7 Å². The first-order chi connectivity index (χ1) is 11.7. The van der Waals surface area contributed by atoms with Gasteiger partial charge in [-0.3, -0.25) is 0 Å². The van der Waals surface area contributed by atoms with Crippen LogP contribution in [-0.4, -0.2) is 19.9 Å². The van der Waals surface area contributed by atoms with Gasteiger partial charge in [0.2, 0.25) is 5.89 Å². The lowest BCUT2D eigenvalue weighted by atomic mass is 9.96. The van der Waals surface area contributed by atoms with E-state index in [0.29, 0.717) is 20.7 Å². The van der Waals surface area contributed by atoms with Gasteiger partial charge in [-0.1, -0.05) is 60.6 Å². The first-order valence-corrected chi connectivity index (χ1v) is 10.1. The molecule has 0 saturated heterocycles. The second kappa shape index (κ2) is 7.19. The standard InChI is InChI=1S/C16H17ClN4OS3/c1-9(12-18-13(20-22-12)16(2,3)4)24-14-19-21(15(23)25-14)11-7-5-10(17)6-8-11/h5-9H,1-4H3/t9-/m1/s1. The molecule has 2 aromatic heterocycles. The van der Waals surface area contributed by atoms with Crippen molar-refractivity contribution in [3.05, 3.63) is 45.0 Å². The number of aromatic nitrogens is 4. The maximum atomic E-state index is 5.93. The Morgan fingerprint density at radius 2 is 1.96 bits per heavy atom. The van der Waals surface area contributed by atoms with Crippen LogP contribution in [0.2, 0.25) is 5.02 Å². The second-order valence-corrected chi connectivity index (χ2v) is 10.1. The molecule has 132 valence electrons. The molecule has 25 heavy (non-hydrogen) atoms. The lowest BCUT2D eigenvalue weighted by molar-refractivity contribution is 0.364. The predicted octanol–water partition coefficient (Wildman–Crippen LogP) is 5.85. The van der Waals surface area contributed by atoms with Crippen LogP contribution >= 0.6 is 46.9 Å². The fraction of sp³-hybridized carbons (Fsp3) is 0.375. The molecule has 0 aliphatic rings. The average Bonchev–Trinajstić information content (AvgIpc) is 3.15. The summed E-state index contributed by atoms with van der Waals surface area (Å²) < 4.78 is 8.67. The van der Waals surface area contributed by atoms with E-state index in [1.54, 1.807) is 16.4 Å². The summed E-state index contributed by atoms with van der Waals surface area (Å²) in [6.45, 7) is 8.18. The Morgan fingerprint density at radius 3 is 2.56 bits per heavy atom. The quantitative estimate of drug-likeness (QED) is 0.395. The van der Waals surface area contributed by atoms with Crippen LogP contribution in [0.15, 0.2) is 33.1 Å². The molecule has 1 aromatic carbocycles. The first-order valence-electron chi connectivity index (χ1n) is 7.61. The van der Waals surface area contributed by atoms with E-state index in [0.717, 1.165) is 10.0 Å². The van der Waals surface area contributed by atoms with Crippen molar-refractivity contribution < 1.29 is 4.52 Å². The molecule has 5 nitrogen and oxygen atoms in total. The largest absolute Gasteiger partial charge is 0.338 e. The lowest BCUT2D eigenvalue weighted by Crippen LogP contribution is -2.13. The molecular formula is C16H17ClN4OS3. The molecule has 0 spiro atoms. The molecule has 0 bridgehead atoms. The van der Waals surface area contributed by atoms with Crippen molar-refractivity contribution in [3.63, 3.8) is 0 Å².